The molecule has 0 spiro atoms. The minimum atomic E-state index is -0.757. The number of aromatic nitrogens is 1. The summed E-state index contributed by atoms with van der Waals surface area (Å²) in [5, 5.41) is 0. The summed E-state index contributed by atoms with van der Waals surface area (Å²) in [6, 6.07) is 14.1. The number of likely N-dealkylation sites (N-methyl/N-ethyl adjacent to an activating group) is 1. The van der Waals surface area contributed by atoms with E-state index < -0.39 is 6.04 Å². The van der Waals surface area contributed by atoms with Crippen LogP contribution in [0.1, 0.15) is 51.8 Å². The van der Waals surface area contributed by atoms with E-state index in [1.165, 1.54) is 11.3 Å². The maximum Gasteiger partial charge on any atom is 0.271 e. The van der Waals surface area contributed by atoms with Gasteiger partial charge in [-0.05, 0) is 46.8 Å². The standard InChI is InChI=1S/C30H32N4O4S/c1-7-32(8-2)27(35)23-18(5)31-30-34(25(23)20-14-10-12-16-22(20)38-6)29(37)26(39-30)24-19-13-9-11-15-21(19)33(17(3)4)28(24)36/h9-17,25H,7-8H2,1-6H3/b26-24-/t25-/m1/s1. The average molecular weight is 545 g/mol. The molecule has 2 aliphatic heterocycles. The van der Waals surface area contributed by atoms with E-state index in [4.69, 9.17) is 9.73 Å². The molecule has 8 nitrogen and oxygen atoms in total. The number of anilines is 1. The second kappa shape index (κ2) is 10.3. The first-order chi connectivity index (χ1) is 18.7. The third-order valence-corrected chi connectivity index (χ3v) is 8.37. The van der Waals surface area contributed by atoms with E-state index in [2.05, 4.69) is 0 Å². The van der Waals surface area contributed by atoms with Gasteiger partial charge >= 0.3 is 0 Å². The number of carbonyl (C=O) groups is 2. The molecule has 1 atom stereocenters. The van der Waals surface area contributed by atoms with Crippen molar-refractivity contribution in [1.82, 2.24) is 9.47 Å². The van der Waals surface area contributed by atoms with Gasteiger partial charge < -0.3 is 14.5 Å². The highest BCUT2D eigenvalue weighted by atomic mass is 32.1. The van der Waals surface area contributed by atoms with Crippen molar-refractivity contribution in [2.24, 2.45) is 4.99 Å². The first-order valence-electron chi connectivity index (χ1n) is 13.1. The number of fused-ring (bicyclic) bond motifs is 2. The maximum absolute atomic E-state index is 14.3. The zero-order valence-electron chi connectivity index (χ0n) is 23.0. The Balaban J connectivity index is 1.85. The number of hydrogen-bond donors (Lipinski definition) is 0. The smallest absolute Gasteiger partial charge is 0.271 e. The van der Waals surface area contributed by atoms with Gasteiger partial charge in [-0.2, -0.15) is 0 Å². The fourth-order valence-electron chi connectivity index (χ4n) is 5.49. The van der Waals surface area contributed by atoms with Gasteiger partial charge in [-0.15, -0.1) is 0 Å². The molecule has 2 aromatic carbocycles. The quantitative estimate of drug-likeness (QED) is 0.477. The fourth-order valence-corrected chi connectivity index (χ4v) is 6.62. The predicted molar refractivity (Wildman–Crippen MR) is 153 cm³/mol. The number of nitrogens with zero attached hydrogens (tertiary/aromatic N) is 4. The molecular formula is C30H32N4O4S. The van der Waals surface area contributed by atoms with Crippen molar-refractivity contribution in [3.63, 3.8) is 0 Å². The van der Waals surface area contributed by atoms with E-state index in [-0.39, 0.29) is 23.4 Å². The summed E-state index contributed by atoms with van der Waals surface area (Å²) in [5.74, 6) is 0.178. The lowest BCUT2D eigenvalue weighted by Gasteiger charge is -2.29. The largest absolute Gasteiger partial charge is 0.496 e. The van der Waals surface area contributed by atoms with E-state index in [9.17, 15) is 14.4 Å². The zero-order valence-corrected chi connectivity index (χ0v) is 23.8. The van der Waals surface area contributed by atoms with Crippen molar-refractivity contribution >= 4 is 34.4 Å². The van der Waals surface area contributed by atoms with Crippen LogP contribution >= 0.6 is 11.3 Å². The number of para-hydroxylation sites is 2. The van der Waals surface area contributed by atoms with Gasteiger partial charge in [-0.3, -0.25) is 19.0 Å². The normalized spacial score (nSPS) is 17.8. The van der Waals surface area contributed by atoms with Crippen molar-refractivity contribution in [2.45, 2.75) is 46.7 Å². The maximum atomic E-state index is 14.3. The number of thiazole rings is 1. The number of ether oxygens (including phenoxy) is 1. The van der Waals surface area contributed by atoms with E-state index in [0.29, 0.717) is 50.6 Å². The molecule has 0 radical (unpaired) electrons. The third-order valence-electron chi connectivity index (χ3n) is 7.32. The molecule has 3 aromatic rings. The van der Waals surface area contributed by atoms with Gasteiger partial charge in [0.05, 0.1) is 29.6 Å². The number of methoxy groups -OCH3 is 1. The molecule has 0 fully saturated rings. The van der Waals surface area contributed by atoms with Gasteiger partial charge in [0.25, 0.3) is 17.4 Å². The molecule has 0 unspecified atom stereocenters. The molecule has 0 saturated heterocycles. The number of rotatable bonds is 6. The van der Waals surface area contributed by atoms with Crippen molar-refractivity contribution in [1.29, 1.82) is 0 Å². The molecular weight excluding hydrogens is 512 g/mol. The Labute approximate surface area is 231 Å². The summed E-state index contributed by atoms with van der Waals surface area (Å²) >= 11 is 1.19. The molecule has 0 aliphatic carbocycles. The molecule has 39 heavy (non-hydrogen) atoms. The van der Waals surface area contributed by atoms with Crippen LogP contribution < -0.4 is 24.5 Å². The van der Waals surface area contributed by atoms with Crippen molar-refractivity contribution in [3.8, 4) is 5.75 Å². The summed E-state index contributed by atoms with van der Waals surface area (Å²) in [6.07, 6.45) is 0. The van der Waals surface area contributed by atoms with Gasteiger partial charge in [0.15, 0.2) is 4.80 Å². The van der Waals surface area contributed by atoms with Crippen LogP contribution in [0.5, 0.6) is 5.75 Å². The molecule has 1 aromatic heterocycles. The van der Waals surface area contributed by atoms with Gasteiger partial charge in [0.1, 0.15) is 16.3 Å². The average Bonchev–Trinajstić information content (AvgIpc) is 3.40. The predicted octanol–water partition coefficient (Wildman–Crippen LogP) is 3.24. The van der Waals surface area contributed by atoms with Crippen LogP contribution in [0.15, 0.2) is 69.6 Å². The van der Waals surface area contributed by atoms with Gasteiger partial charge in [-0.1, -0.05) is 47.7 Å². The number of hydrogen-bond acceptors (Lipinski definition) is 6. The number of carbonyl (C=O) groups excluding carboxylic acids is 2. The van der Waals surface area contributed by atoms with E-state index in [0.717, 1.165) is 11.3 Å². The summed E-state index contributed by atoms with van der Waals surface area (Å²) in [4.78, 5) is 50.6. The number of amides is 2. The van der Waals surface area contributed by atoms with Crippen LogP contribution in [0, 0.1) is 0 Å². The Bertz CT molecular complexity index is 1690. The summed E-state index contributed by atoms with van der Waals surface area (Å²) < 4.78 is 7.56. The summed E-state index contributed by atoms with van der Waals surface area (Å²) in [5.41, 5.74) is 3.19. The summed E-state index contributed by atoms with van der Waals surface area (Å²) in [7, 11) is 1.57. The minimum absolute atomic E-state index is 0.0817. The monoisotopic (exact) mass is 544 g/mol. The number of allylic oxidation sites excluding steroid dienone is 1. The highest BCUT2D eigenvalue weighted by molar-refractivity contribution is 7.07. The molecule has 2 amide bonds. The highest BCUT2D eigenvalue weighted by Crippen LogP contribution is 2.38. The lowest BCUT2D eigenvalue weighted by molar-refractivity contribution is -0.127. The SMILES string of the molecule is CCN(CC)C(=O)C1=C(C)N=c2s/c(=C3\C(=O)N(C(C)C)c4ccccc43)c(=O)n2[C@@H]1c1ccccc1OC. The molecule has 0 saturated carbocycles. The zero-order chi connectivity index (χ0) is 28.0. The van der Waals surface area contributed by atoms with Crippen LogP contribution in [0.25, 0.3) is 5.57 Å². The molecule has 9 heteroatoms. The van der Waals surface area contributed by atoms with Crippen molar-refractivity contribution < 1.29 is 14.3 Å². The second-order valence-electron chi connectivity index (χ2n) is 9.78. The Hall–Kier alpha value is -3.98. The van der Waals surface area contributed by atoms with Crippen molar-refractivity contribution in [2.75, 3.05) is 25.1 Å². The molecule has 3 heterocycles. The highest BCUT2D eigenvalue weighted by Gasteiger charge is 2.39. The first-order valence-corrected chi connectivity index (χ1v) is 14.0. The Morgan fingerprint density at radius 2 is 1.74 bits per heavy atom. The Morgan fingerprint density at radius 3 is 2.41 bits per heavy atom. The first kappa shape index (κ1) is 26.6. The van der Waals surface area contributed by atoms with Crippen LogP contribution in [-0.4, -0.2) is 47.5 Å². The Kier molecular flexibility index (Phi) is 7.03. The van der Waals surface area contributed by atoms with Crippen molar-refractivity contribution in [3.05, 3.63) is 90.6 Å². The molecule has 5 rings (SSSR count). The molecule has 2 aliphatic rings. The Morgan fingerprint density at radius 1 is 1.08 bits per heavy atom. The van der Waals surface area contributed by atoms with Crippen LogP contribution in [-0.2, 0) is 9.59 Å². The van der Waals surface area contributed by atoms with Gasteiger partial charge in [-0.25, -0.2) is 4.99 Å². The third kappa shape index (κ3) is 4.12. The minimum Gasteiger partial charge on any atom is -0.496 e. The van der Waals surface area contributed by atoms with Crippen LogP contribution in [0.3, 0.4) is 0 Å². The molecule has 0 bridgehead atoms. The topological polar surface area (TPSA) is 84.2 Å². The molecule has 202 valence electrons. The number of benzene rings is 2. The second-order valence-corrected chi connectivity index (χ2v) is 10.8. The lowest BCUT2D eigenvalue weighted by Crippen LogP contribution is -2.43. The lowest BCUT2D eigenvalue weighted by atomic mass is 9.94. The van der Waals surface area contributed by atoms with Gasteiger partial charge in [0.2, 0.25) is 0 Å². The van der Waals surface area contributed by atoms with E-state index in [1.807, 2.05) is 76.2 Å². The van der Waals surface area contributed by atoms with E-state index >= 15 is 0 Å². The van der Waals surface area contributed by atoms with Crippen LogP contribution in [0.4, 0.5) is 5.69 Å². The summed E-state index contributed by atoms with van der Waals surface area (Å²) in [6.45, 7) is 10.6. The molecule has 0 N–H and O–H groups in total. The fraction of sp³-hybridized carbons (Fsp3) is 0.333. The van der Waals surface area contributed by atoms with E-state index in [1.54, 1.807) is 28.4 Å². The van der Waals surface area contributed by atoms with Gasteiger partial charge in [0, 0.05) is 30.3 Å². The van der Waals surface area contributed by atoms with Crippen LogP contribution in [0.2, 0.25) is 0 Å².